The lowest BCUT2D eigenvalue weighted by atomic mass is 10.2. The highest BCUT2D eigenvalue weighted by atomic mass is 16.5. The molecule has 0 bridgehead atoms. The number of hydrogen-bond acceptors (Lipinski definition) is 4. The number of fused-ring (bicyclic) bond motifs is 1. The van der Waals surface area contributed by atoms with Gasteiger partial charge in [-0.05, 0) is 42.8 Å². The van der Waals surface area contributed by atoms with Crippen molar-refractivity contribution < 1.29 is 14.3 Å². The fourth-order valence-electron chi connectivity index (χ4n) is 2.43. The number of benzene rings is 1. The molecule has 3 rings (SSSR count). The molecule has 2 amide bonds. The van der Waals surface area contributed by atoms with Crippen LogP contribution in [0.4, 0.5) is 0 Å². The Balaban J connectivity index is 1.46. The molecule has 2 aromatic heterocycles. The first-order chi connectivity index (χ1) is 12.7. The molecule has 0 saturated heterocycles. The Morgan fingerprint density at radius 3 is 2.65 bits per heavy atom. The van der Waals surface area contributed by atoms with Crippen LogP contribution in [-0.2, 0) is 11.3 Å². The second-order valence-corrected chi connectivity index (χ2v) is 5.64. The summed E-state index contributed by atoms with van der Waals surface area (Å²) in [5.41, 5.74) is 2.04. The van der Waals surface area contributed by atoms with Crippen molar-refractivity contribution >= 4 is 17.3 Å². The van der Waals surface area contributed by atoms with Gasteiger partial charge in [-0.3, -0.25) is 9.59 Å². The van der Waals surface area contributed by atoms with Gasteiger partial charge in [0.25, 0.3) is 5.91 Å². The fourth-order valence-corrected chi connectivity index (χ4v) is 2.43. The molecule has 3 aromatic rings. The number of rotatable bonds is 7. The minimum Gasteiger partial charge on any atom is -0.494 e. The molecule has 0 aliphatic heterocycles. The number of carbonyl (C=O) groups excluding carboxylic acids is 2. The van der Waals surface area contributed by atoms with Gasteiger partial charge in [0.05, 0.1) is 18.7 Å². The molecule has 0 radical (unpaired) electrons. The Hall–Kier alpha value is -3.35. The van der Waals surface area contributed by atoms with Gasteiger partial charge in [0.2, 0.25) is 5.91 Å². The zero-order valence-corrected chi connectivity index (χ0v) is 14.4. The van der Waals surface area contributed by atoms with E-state index in [1.165, 1.54) is 0 Å². The van der Waals surface area contributed by atoms with Crippen LogP contribution in [0, 0.1) is 0 Å². The Bertz CT molecular complexity index is 870. The van der Waals surface area contributed by atoms with Crippen molar-refractivity contribution in [1.82, 2.24) is 20.2 Å². The standard InChI is InChI=1S/C19H20N4O3/c1-2-26-16-8-6-14(7-9-16)12-20-18(24)13-21-19(25)17-11-15-5-3-4-10-23(15)22-17/h3-11H,2,12-13H2,1H3,(H,20,24)(H,21,25). The quantitative estimate of drug-likeness (QED) is 0.679. The van der Waals surface area contributed by atoms with E-state index in [-0.39, 0.29) is 24.1 Å². The van der Waals surface area contributed by atoms with Crippen LogP contribution in [0.5, 0.6) is 5.75 Å². The normalized spacial score (nSPS) is 10.5. The second kappa shape index (κ2) is 8.15. The number of amides is 2. The summed E-state index contributed by atoms with van der Waals surface area (Å²) in [4.78, 5) is 24.0. The molecule has 0 aliphatic rings. The summed E-state index contributed by atoms with van der Waals surface area (Å²) in [6.07, 6.45) is 1.76. The van der Waals surface area contributed by atoms with E-state index in [0.29, 0.717) is 13.2 Å². The Kier molecular flexibility index (Phi) is 5.48. The van der Waals surface area contributed by atoms with E-state index in [0.717, 1.165) is 16.8 Å². The number of aromatic nitrogens is 2. The molecule has 7 nitrogen and oxygen atoms in total. The van der Waals surface area contributed by atoms with Crippen LogP contribution in [-0.4, -0.2) is 34.6 Å². The van der Waals surface area contributed by atoms with Crippen molar-refractivity contribution in [3.63, 3.8) is 0 Å². The number of hydrogen-bond donors (Lipinski definition) is 2. The smallest absolute Gasteiger partial charge is 0.272 e. The van der Waals surface area contributed by atoms with Crippen LogP contribution in [0.2, 0.25) is 0 Å². The Morgan fingerprint density at radius 1 is 1.12 bits per heavy atom. The van der Waals surface area contributed by atoms with Gasteiger partial charge in [0.15, 0.2) is 5.69 Å². The van der Waals surface area contributed by atoms with Crippen LogP contribution >= 0.6 is 0 Å². The van der Waals surface area contributed by atoms with Crippen molar-refractivity contribution in [2.24, 2.45) is 0 Å². The summed E-state index contributed by atoms with van der Waals surface area (Å²) in [7, 11) is 0. The largest absolute Gasteiger partial charge is 0.494 e. The predicted octanol–water partition coefficient (Wildman–Crippen LogP) is 1.78. The van der Waals surface area contributed by atoms with Gasteiger partial charge in [-0.1, -0.05) is 18.2 Å². The first-order valence-corrected chi connectivity index (χ1v) is 8.37. The number of nitrogens with zero attached hydrogens (tertiary/aromatic N) is 2. The molecule has 2 N–H and O–H groups in total. The van der Waals surface area contributed by atoms with E-state index < -0.39 is 0 Å². The Labute approximate surface area is 151 Å². The van der Waals surface area contributed by atoms with Crippen molar-refractivity contribution in [2.75, 3.05) is 13.2 Å². The third-order valence-corrected chi connectivity index (χ3v) is 3.74. The van der Waals surface area contributed by atoms with E-state index in [2.05, 4.69) is 15.7 Å². The van der Waals surface area contributed by atoms with Gasteiger partial charge in [-0.15, -0.1) is 0 Å². The first-order valence-electron chi connectivity index (χ1n) is 8.37. The van der Waals surface area contributed by atoms with E-state index >= 15 is 0 Å². The summed E-state index contributed by atoms with van der Waals surface area (Å²) in [6.45, 7) is 2.82. The van der Waals surface area contributed by atoms with Crippen molar-refractivity contribution in [2.45, 2.75) is 13.5 Å². The molecule has 1 aromatic carbocycles. The highest BCUT2D eigenvalue weighted by molar-refractivity contribution is 5.95. The summed E-state index contributed by atoms with van der Waals surface area (Å²) >= 11 is 0. The van der Waals surface area contributed by atoms with E-state index in [9.17, 15) is 9.59 Å². The van der Waals surface area contributed by atoms with E-state index in [1.54, 1.807) is 16.8 Å². The maximum atomic E-state index is 12.1. The predicted molar refractivity (Wildman–Crippen MR) is 97.0 cm³/mol. The lowest BCUT2D eigenvalue weighted by Crippen LogP contribution is -2.36. The van der Waals surface area contributed by atoms with E-state index in [1.807, 2.05) is 49.4 Å². The number of carbonyl (C=O) groups is 2. The maximum absolute atomic E-state index is 12.1. The van der Waals surface area contributed by atoms with Gasteiger partial charge in [0, 0.05) is 12.7 Å². The minimum atomic E-state index is -0.384. The van der Waals surface area contributed by atoms with Gasteiger partial charge in [0.1, 0.15) is 5.75 Å². The molecular formula is C19H20N4O3. The Morgan fingerprint density at radius 2 is 1.92 bits per heavy atom. The maximum Gasteiger partial charge on any atom is 0.272 e. The summed E-state index contributed by atoms with van der Waals surface area (Å²) in [5.74, 6) is 0.142. The fraction of sp³-hybridized carbons (Fsp3) is 0.211. The van der Waals surface area contributed by atoms with Crippen LogP contribution in [0.15, 0.2) is 54.7 Å². The highest BCUT2D eigenvalue weighted by Gasteiger charge is 2.12. The number of pyridine rings is 1. The molecule has 7 heteroatoms. The van der Waals surface area contributed by atoms with Gasteiger partial charge < -0.3 is 15.4 Å². The third kappa shape index (κ3) is 4.38. The molecule has 134 valence electrons. The van der Waals surface area contributed by atoms with E-state index in [4.69, 9.17) is 4.74 Å². The van der Waals surface area contributed by atoms with Crippen LogP contribution in [0.25, 0.3) is 5.52 Å². The van der Waals surface area contributed by atoms with Crippen LogP contribution in [0.1, 0.15) is 23.0 Å². The molecule has 0 spiro atoms. The lowest BCUT2D eigenvalue weighted by molar-refractivity contribution is -0.120. The number of nitrogens with one attached hydrogen (secondary N) is 2. The van der Waals surface area contributed by atoms with Crippen molar-refractivity contribution in [1.29, 1.82) is 0 Å². The summed E-state index contributed by atoms with van der Waals surface area (Å²) < 4.78 is 6.98. The molecule has 0 unspecified atom stereocenters. The van der Waals surface area contributed by atoms with Crippen molar-refractivity contribution in [3.05, 3.63) is 66.0 Å². The van der Waals surface area contributed by atoms with Gasteiger partial charge in [-0.25, -0.2) is 4.52 Å². The molecule has 0 atom stereocenters. The number of ether oxygens (including phenoxy) is 1. The molecule has 2 heterocycles. The second-order valence-electron chi connectivity index (χ2n) is 5.64. The average Bonchev–Trinajstić information content (AvgIpc) is 3.10. The zero-order valence-electron chi connectivity index (χ0n) is 14.4. The lowest BCUT2D eigenvalue weighted by Gasteiger charge is -2.07. The topological polar surface area (TPSA) is 84.7 Å². The first kappa shape index (κ1) is 17.5. The highest BCUT2D eigenvalue weighted by Crippen LogP contribution is 2.11. The monoisotopic (exact) mass is 352 g/mol. The summed E-state index contributed by atoms with van der Waals surface area (Å²) in [6, 6.07) is 14.7. The summed E-state index contributed by atoms with van der Waals surface area (Å²) in [5, 5.41) is 9.51. The minimum absolute atomic E-state index is 0.107. The molecular weight excluding hydrogens is 332 g/mol. The van der Waals surface area contributed by atoms with Crippen molar-refractivity contribution in [3.8, 4) is 5.75 Å². The van der Waals surface area contributed by atoms with Crippen LogP contribution in [0.3, 0.4) is 0 Å². The molecule has 0 aliphatic carbocycles. The molecule has 26 heavy (non-hydrogen) atoms. The van der Waals surface area contributed by atoms with Crippen LogP contribution < -0.4 is 15.4 Å². The zero-order chi connectivity index (χ0) is 18.4. The average molecular weight is 352 g/mol. The molecule has 0 saturated carbocycles. The SMILES string of the molecule is CCOc1ccc(CNC(=O)CNC(=O)c2cc3ccccn3n2)cc1. The van der Waals surface area contributed by atoms with Gasteiger partial charge >= 0.3 is 0 Å². The molecule has 0 fully saturated rings. The van der Waals surface area contributed by atoms with Gasteiger partial charge in [-0.2, -0.15) is 5.10 Å². The third-order valence-electron chi connectivity index (χ3n) is 3.74.